The van der Waals surface area contributed by atoms with Crippen molar-refractivity contribution in [2.45, 2.75) is 25.9 Å². The van der Waals surface area contributed by atoms with Gasteiger partial charge in [-0.3, -0.25) is 14.4 Å². The lowest BCUT2D eigenvalue weighted by Gasteiger charge is -2.33. The number of nitrogens with one attached hydrogen (secondary N) is 2. The average Bonchev–Trinajstić information content (AvgIpc) is 2.56. The summed E-state index contributed by atoms with van der Waals surface area (Å²) < 4.78 is 31.3. The number of benzene rings is 1. The zero-order valence-electron chi connectivity index (χ0n) is 14.4. The fourth-order valence-corrected chi connectivity index (χ4v) is 2.67. The quantitative estimate of drug-likeness (QED) is 0.677. The van der Waals surface area contributed by atoms with Crippen molar-refractivity contribution in [3.05, 3.63) is 35.4 Å². The largest absolute Gasteiger partial charge is 0.465 e. The molecule has 142 valence electrons. The lowest BCUT2D eigenvalue weighted by Crippen LogP contribution is -2.56. The summed E-state index contributed by atoms with van der Waals surface area (Å²) in [6.45, 7) is 2.46. The predicted octanol–water partition coefficient (Wildman–Crippen LogP) is 0.335. The minimum Gasteiger partial charge on any atom is -0.465 e. The first-order valence-electron chi connectivity index (χ1n) is 8.28. The van der Waals surface area contributed by atoms with Crippen LogP contribution in [0.4, 0.5) is 8.78 Å². The summed E-state index contributed by atoms with van der Waals surface area (Å²) in [7, 11) is 0. The summed E-state index contributed by atoms with van der Waals surface area (Å²) in [5, 5.41) is 5.33. The highest BCUT2D eigenvalue weighted by atomic mass is 19.1. The van der Waals surface area contributed by atoms with Crippen molar-refractivity contribution in [2.75, 3.05) is 26.2 Å². The van der Waals surface area contributed by atoms with Crippen LogP contribution in [0.15, 0.2) is 18.2 Å². The van der Waals surface area contributed by atoms with Crippen molar-refractivity contribution in [1.29, 1.82) is 0 Å². The molecule has 2 amide bonds. The monoisotopic (exact) mass is 369 g/mol. The van der Waals surface area contributed by atoms with Crippen LogP contribution in [0, 0.1) is 11.6 Å². The number of hydrogen-bond acceptors (Lipinski definition) is 5. The van der Waals surface area contributed by atoms with E-state index in [0.717, 1.165) is 6.07 Å². The number of hydrogen-bond donors (Lipinski definition) is 2. The number of nitrogens with zero attached hydrogens (tertiary/aromatic N) is 1. The van der Waals surface area contributed by atoms with Gasteiger partial charge < -0.3 is 20.3 Å². The molecule has 0 aliphatic carbocycles. The van der Waals surface area contributed by atoms with E-state index < -0.39 is 29.6 Å². The van der Waals surface area contributed by atoms with E-state index in [9.17, 15) is 23.2 Å². The Kier molecular flexibility index (Phi) is 7.02. The Morgan fingerprint density at radius 3 is 2.65 bits per heavy atom. The Balaban J connectivity index is 1.90. The van der Waals surface area contributed by atoms with Gasteiger partial charge in [0.2, 0.25) is 11.8 Å². The smallest absolute Gasteiger partial charge is 0.325 e. The molecule has 26 heavy (non-hydrogen) atoms. The van der Waals surface area contributed by atoms with Crippen LogP contribution in [0.1, 0.15) is 18.9 Å². The second kappa shape index (κ2) is 9.23. The van der Waals surface area contributed by atoms with E-state index in [2.05, 4.69) is 10.6 Å². The molecule has 0 radical (unpaired) electrons. The van der Waals surface area contributed by atoms with E-state index >= 15 is 0 Å². The number of ether oxygens (including phenoxy) is 1. The predicted molar refractivity (Wildman–Crippen MR) is 87.8 cm³/mol. The standard InChI is InChI=1S/C17H21F2N3O4/c1-2-26-16(24)9-21-15(23)8-14-17(25)22(4-3-20-14)10-11-5-12(18)7-13(19)6-11/h5-7,14,20H,2-4,8-10H2,1H3,(H,21,23). The van der Waals surface area contributed by atoms with Gasteiger partial charge in [0.1, 0.15) is 18.2 Å². The maximum atomic E-state index is 13.3. The second-order valence-electron chi connectivity index (χ2n) is 5.83. The van der Waals surface area contributed by atoms with E-state index in [-0.39, 0.29) is 32.0 Å². The molecule has 2 rings (SSSR count). The van der Waals surface area contributed by atoms with E-state index in [1.807, 2.05) is 0 Å². The van der Waals surface area contributed by atoms with Crippen LogP contribution in [-0.2, 0) is 25.7 Å². The topological polar surface area (TPSA) is 87.7 Å². The minimum absolute atomic E-state index is 0.0517. The Bertz CT molecular complexity index is 664. The van der Waals surface area contributed by atoms with Gasteiger partial charge in [-0.15, -0.1) is 0 Å². The number of halogens is 2. The van der Waals surface area contributed by atoms with Crippen molar-refractivity contribution in [2.24, 2.45) is 0 Å². The first-order valence-corrected chi connectivity index (χ1v) is 8.28. The molecule has 0 spiro atoms. The van der Waals surface area contributed by atoms with Crippen LogP contribution >= 0.6 is 0 Å². The molecule has 1 aliphatic heterocycles. The normalized spacial score (nSPS) is 17.1. The minimum atomic E-state index is -0.760. The van der Waals surface area contributed by atoms with Gasteiger partial charge >= 0.3 is 5.97 Å². The van der Waals surface area contributed by atoms with Crippen LogP contribution in [-0.4, -0.2) is 55.0 Å². The highest BCUT2D eigenvalue weighted by Gasteiger charge is 2.30. The molecule has 0 saturated carbocycles. The summed E-state index contributed by atoms with van der Waals surface area (Å²) in [4.78, 5) is 37.0. The van der Waals surface area contributed by atoms with Crippen LogP contribution in [0.25, 0.3) is 0 Å². The lowest BCUT2D eigenvalue weighted by molar-refractivity contribution is -0.143. The Labute approximate surface area is 149 Å². The number of rotatable bonds is 7. The maximum absolute atomic E-state index is 13.3. The summed E-state index contributed by atoms with van der Waals surface area (Å²) in [6, 6.07) is 2.34. The molecule has 1 aliphatic rings. The van der Waals surface area contributed by atoms with Crippen molar-refractivity contribution in [3.63, 3.8) is 0 Å². The maximum Gasteiger partial charge on any atom is 0.325 e. The number of carbonyl (C=O) groups excluding carboxylic acids is 3. The second-order valence-corrected chi connectivity index (χ2v) is 5.83. The SMILES string of the molecule is CCOC(=O)CNC(=O)CC1NCCN(Cc2cc(F)cc(F)c2)C1=O. The molecule has 1 heterocycles. The molecular weight excluding hydrogens is 348 g/mol. The van der Waals surface area contributed by atoms with Gasteiger partial charge in [0.25, 0.3) is 0 Å². The first kappa shape index (κ1) is 19.8. The first-order chi connectivity index (χ1) is 12.4. The molecule has 1 fully saturated rings. The Hall–Kier alpha value is -2.55. The molecule has 0 bridgehead atoms. The van der Waals surface area contributed by atoms with Crippen LogP contribution in [0.5, 0.6) is 0 Å². The molecule has 0 aromatic heterocycles. The van der Waals surface area contributed by atoms with Gasteiger partial charge in [-0.25, -0.2) is 8.78 Å². The Morgan fingerprint density at radius 2 is 2.00 bits per heavy atom. The molecule has 1 saturated heterocycles. The third kappa shape index (κ3) is 5.76. The molecule has 2 N–H and O–H groups in total. The van der Waals surface area contributed by atoms with Crippen LogP contribution in [0.3, 0.4) is 0 Å². The van der Waals surface area contributed by atoms with Gasteiger partial charge in [0, 0.05) is 25.7 Å². The zero-order valence-corrected chi connectivity index (χ0v) is 14.4. The number of esters is 1. The van der Waals surface area contributed by atoms with E-state index in [1.165, 1.54) is 17.0 Å². The van der Waals surface area contributed by atoms with Gasteiger partial charge in [-0.2, -0.15) is 0 Å². The van der Waals surface area contributed by atoms with E-state index in [0.29, 0.717) is 18.7 Å². The molecular formula is C17H21F2N3O4. The summed E-state index contributed by atoms with van der Waals surface area (Å²) in [5.74, 6) is -2.79. The number of carbonyl (C=O) groups is 3. The highest BCUT2D eigenvalue weighted by Crippen LogP contribution is 2.13. The molecule has 9 heteroatoms. The van der Waals surface area contributed by atoms with Crippen LogP contribution in [0.2, 0.25) is 0 Å². The Morgan fingerprint density at radius 1 is 1.31 bits per heavy atom. The molecule has 1 unspecified atom stereocenters. The third-order valence-corrected chi connectivity index (χ3v) is 3.80. The number of piperazine rings is 1. The van der Waals surface area contributed by atoms with Crippen molar-refractivity contribution in [1.82, 2.24) is 15.5 Å². The summed E-state index contributed by atoms with van der Waals surface area (Å²) in [6.07, 6.45) is -0.147. The fourth-order valence-electron chi connectivity index (χ4n) is 2.67. The van der Waals surface area contributed by atoms with Gasteiger partial charge in [-0.05, 0) is 24.6 Å². The lowest BCUT2D eigenvalue weighted by atomic mass is 10.1. The van der Waals surface area contributed by atoms with Gasteiger partial charge in [0.15, 0.2) is 0 Å². The van der Waals surface area contributed by atoms with Crippen molar-refractivity contribution < 1.29 is 27.9 Å². The average molecular weight is 369 g/mol. The van der Waals surface area contributed by atoms with Gasteiger partial charge in [0.05, 0.1) is 19.1 Å². The van der Waals surface area contributed by atoms with Crippen molar-refractivity contribution in [3.8, 4) is 0 Å². The molecule has 1 aromatic rings. The fraction of sp³-hybridized carbons (Fsp3) is 0.471. The third-order valence-electron chi connectivity index (χ3n) is 3.80. The summed E-state index contributed by atoms with van der Waals surface area (Å²) in [5.41, 5.74) is 0.336. The van der Waals surface area contributed by atoms with Gasteiger partial charge in [-0.1, -0.05) is 0 Å². The molecule has 1 atom stereocenters. The summed E-state index contributed by atoms with van der Waals surface area (Å²) >= 11 is 0. The molecule has 1 aromatic carbocycles. The highest BCUT2D eigenvalue weighted by molar-refractivity contribution is 5.90. The molecule has 7 nitrogen and oxygen atoms in total. The van der Waals surface area contributed by atoms with Crippen LogP contribution < -0.4 is 10.6 Å². The van der Waals surface area contributed by atoms with E-state index in [4.69, 9.17) is 4.74 Å². The van der Waals surface area contributed by atoms with E-state index in [1.54, 1.807) is 6.92 Å². The number of amides is 2. The van der Waals surface area contributed by atoms with Crippen molar-refractivity contribution >= 4 is 17.8 Å². The zero-order chi connectivity index (χ0) is 19.1.